The number of carbonyl (C=O) groups excluding carboxylic acids is 1. The molecule has 1 N–H and O–H groups in total. The van der Waals surface area contributed by atoms with Gasteiger partial charge in [0.25, 0.3) is 5.91 Å². The summed E-state index contributed by atoms with van der Waals surface area (Å²) in [5, 5.41) is 4.34. The summed E-state index contributed by atoms with van der Waals surface area (Å²) in [5.41, 5.74) is 2.29. The minimum Gasteiger partial charge on any atom is -0.337 e. The predicted octanol–water partition coefficient (Wildman–Crippen LogP) is 2.59. The highest BCUT2D eigenvalue weighted by molar-refractivity contribution is 7.89. The third kappa shape index (κ3) is 4.55. The van der Waals surface area contributed by atoms with E-state index in [4.69, 9.17) is 0 Å². The highest BCUT2D eigenvalue weighted by atomic mass is 32.2. The number of carbonyl (C=O) groups is 1. The van der Waals surface area contributed by atoms with Crippen molar-refractivity contribution in [2.45, 2.75) is 30.3 Å². The smallest absolute Gasteiger partial charge is 0.253 e. The summed E-state index contributed by atoms with van der Waals surface area (Å²) in [4.78, 5) is 14.5. The predicted molar refractivity (Wildman–Crippen MR) is 109 cm³/mol. The maximum Gasteiger partial charge on any atom is 0.253 e. The number of sulfonamides is 1. The Morgan fingerprint density at radius 2 is 1.83 bits per heavy atom. The van der Waals surface area contributed by atoms with Gasteiger partial charge in [-0.15, -0.1) is 0 Å². The van der Waals surface area contributed by atoms with E-state index in [0.717, 1.165) is 24.1 Å². The summed E-state index contributed by atoms with van der Waals surface area (Å²) in [6, 6.07) is 15.8. The van der Waals surface area contributed by atoms with Gasteiger partial charge in [-0.05, 0) is 49.2 Å². The molecule has 0 radical (unpaired) electrons. The second-order valence-corrected chi connectivity index (χ2v) is 8.92. The average Bonchev–Trinajstić information content (AvgIpc) is 3.41. The molecule has 1 aliphatic rings. The highest BCUT2D eigenvalue weighted by Crippen LogP contribution is 2.22. The molecule has 1 aliphatic carbocycles. The fraction of sp³-hybridized carbons (Fsp3) is 0.238. The quantitative estimate of drug-likeness (QED) is 0.649. The number of nitrogens with zero attached hydrogens (tertiary/aromatic N) is 3. The number of amides is 1. The van der Waals surface area contributed by atoms with Crippen molar-refractivity contribution in [1.82, 2.24) is 19.4 Å². The van der Waals surface area contributed by atoms with Gasteiger partial charge < -0.3 is 4.90 Å². The Morgan fingerprint density at radius 1 is 1.14 bits per heavy atom. The molecule has 1 saturated carbocycles. The van der Waals surface area contributed by atoms with Crippen LogP contribution in [-0.2, 0) is 16.6 Å². The molecule has 0 saturated heterocycles. The Labute approximate surface area is 170 Å². The molecule has 0 atom stereocenters. The van der Waals surface area contributed by atoms with E-state index in [9.17, 15) is 13.2 Å². The highest BCUT2D eigenvalue weighted by Gasteiger charge is 2.28. The van der Waals surface area contributed by atoms with E-state index in [1.54, 1.807) is 35.0 Å². The second kappa shape index (κ2) is 7.81. The van der Waals surface area contributed by atoms with Crippen molar-refractivity contribution in [3.8, 4) is 5.69 Å². The van der Waals surface area contributed by atoms with E-state index in [1.165, 1.54) is 12.1 Å². The van der Waals surface area contributed by atoms with Gasteiger partial charge in [0.2, 0.25) is 10.0 Å². The lowest BCUT2D eigenvalue weighted by atomic mass is 10.2. The molecule has 1 heterocycles. The van der Waals surface area contributed by atoms with Crippen LogP contribution in [0.15, 0.2) is 71.9 Å². The van der Waals surface area contributed by atoms with Crippen LogP contribution in [0.3, 0.4) is 0 Å². The summed E-state index contributed by atoms with van der Waals surface area (Å²) >= 11 is 0. The van der Waals surface area contributed by atoms with Crippen molar-refractivity contribution >= 4 is 15.9 Å². The Hall–Kier alpha value is -2.97. The summed E-state index contributed by atoms with van der Waals surface area (Å²) in [7, 11) is -1.81. The van der Waals surface area contributed by atoms with Crippen molar-refractivity contribution in [2.24, 2.45) is 0 Å². The number of nitrogens with one attached hydrogen (secondary N) is 1. The zero-order chi connectivity index (χ0) is 20.4. The Balaban J connectivity index is 1.42. The van der Waals surface area contributed by atoms with Crippen molar-refractivity contribution in [2.75, 3.05) is 7.05 Å². The van der Waals surface area contributed by atoms with Crippen LogP contribution in [0, 0.1) is 0 Å². The van der Waals surface area contributed by atoms with E-state index in [1.807, 2.05) is 36.5 Å². The number of aromatic nitrogens is 2. The number of hydrogen-bond donors (Lipinski definition) is 1. The second-order valence-electron chi connectivity index (χ2n) is 7.21. The molecule has 1 aromatic heterocycles. The molecule has 2 aromatic carbocycles. The van der Waals surface area contributed by atoms with Crippen LogP contribution in [0.1, 0.15) is 28.8 Å². The van der Waals surface area contributed by atoms with Crippen molar-refractivity contribution in [1.29, 1.82) is 0 Å². The van der Waals surface area contributed by atoms with Crippen LogP contribution < -0.4 is 4.72 Å². The molecule has 0 spiro atoms. The first-order valence-corrected chi connectivity index (χ1v) is 10.9. The van der Waals surface area contributed by atoms with Crippen LogP contribution in [0.2, 0.25) is 0 Å². The molecule has 29 heavy (non-hydrogen) atoms. The normalized spacial score (nSPS) is 14.0. The van der Waals surface area contributed by atoms with Crippen LogP contribution in [0.25, 0.3) is 5.69 Å². The van der Waals surface area contributed by atoms with Crippen LogP contribution >= 0.6 is 0 Å². The van der Waals surface area contributed by atoms with Gasteiger partial charge >= 0.3 is 0 Å². The van der Waals surface area contributed by atoms with Gasteiger partial charge in [0.1, 0.15) is 0 Å². The molecular weight excluding hydrogens is 388 g/mol. The minimum atomic E-state index is -3.52. The molecule has 1 fully saturated rings. The molecule has 7 nitrogen and oxygen atoms in total. The van der Waals surface area contributed by atoms with E-state index in [2.05, 4.69) is 9.82 Å². The van der Waals surface area contributed by atoms with E-state index in [0.29, 0.717) is 12.1 Å². The molecule has 0 unspecified atom stereocenters. The molecule has 0 aliphatic heterocycles. The van der Waals surface area contributed by atoms with Gasteiger partial charge in [0, 0.05) is 37.0 Å². The molecule has 1 amide bonds. The lowest BCUT2D eigenvalue weighted by molar-refractivity contribution is 0.0785. The van der Waals surface area contributed by atoms with Gasteiger partial charge in [-0.25, -0.2) is 17.8 Å². The Kier molecular flexibility index (Phi) is 5.21. The topological polar surface area (TPSA) is 84.3 Å². The fourth-order valence-corrected chi connectivity index (χ4v) is 4.30. The number of benzene rings is 2. The largest absolute Gasteiger partial charge is 0.337 e. The zero-order valence-electron chi connectivity index (χ0n) is 16.0. The lowest BCUT2D eigenvalue weighted by Gasteiger charge is -2.16. The molecular formula is C21H22N4O3S. The third-order valence-electron chi connectivity index (χ3n) is 4.73. The third-order valence-corrected chi connectivity index (χ3v) is 6.27. The molecule has 8 heteroatoms. The van der Waals surface area contributed by atoms with Crippen molar-refractivity contribution in [3.63, 3.8) is 0 Å². The van der Waals surface area contributed by atoms with Gasteiger partial charge in [-0.2, -0.15) is 5.10 Å². The van der Waals surface area contributed by atoms with Gasteiger partial charge in [0.15, 0.2) is 0 Å². The summed E-state index contributed by atoms with van der Waals surface area (Å²) in [5.74, 6) is -0.184. The van der Waals surface area contributed by atoms with Crippen LogP contribution in [0.5, 0.6) is 0 Å². The molecule has 4 rings (SSSR count). The lowest BCUT2D eigenvalue weighted by Crippen LogP contribution is -2.27. The first-order chi connectivity index (χ1) is 13.9. The maximum absolute atomic E-state index is 12.7. The van der Waals surface area contributed by atoms with Gasteiger partial charge in [-0.1, -0.05) is 18.2 Å². The number of para-hydroxylation sites is 1. The zero-order valence-corrected chi connectivity index (χ0v) is 16.8. The standard InChI is InChI=1S/C21H22N4O3S/c1-24(14-16-13-22-25(15-16)19-5-3-2-4-6-19)21(26)17-7-11-20(12-8-17)29(27,28)23-18-9-10-18/h2-8,11-13,15,18,23H,9-10,14H2,1H3. The van der Waals surface area contributed by atoms with Crippen molar-refractivity contribution in [3.05, 3.63) is 78.1 Å². The molecule has 150 valence electrons. The first-order valence-electron chi connectivity index (χ1n) is 9.39. The fourth-order valence-electron chi connectivity index (χ4n) is 3.00. The summed E-state index contributed by atoms with van der Waals surface area (Å²) in [6.45, 7) is 0.398. The molecule has 0 bridgehead atoms. The minimum absolute atomic E-state index is 0.0456. The monoisotopic (exact) mass is 410 g/mol. The van der Waals surface area contributed by atoms with Gasteiger partial charge in [-0.3, -0.25) is 4.79 Å². The summed E-state index contributed by atoms with van der Waals surface area (Å²) < 4.78 is 28.9. The van der Waals surface area contributed by atoms with Crippen LogP contribution in [0.4, 0.5) is 0 Å². The number of rotatable bonds is 7. The first kappa shape index (κ1) is 19.4. The maximum atomic E-state index is 12.7. The summed E-state index contributed by atoms with van der Waals surface area (Å²) in [6.07, 6.45) is 5.37. The SMILES string of the molecule is CN(Cc1cnn(-c2ccccc2)c1)C(=O)c1ccc(S(=O)(=O)NC2CC2)cc1. The Morgan fingerprint density at radius 3 is 2.48 bits per heavy atom. The van der Waals surface area contributed by atoms with E-state index < -0.39 is 10.0 Å². The van der Waals surface area contributed by atoms with E-state index >= 15 is 0 Å². The van der Waals surface area contributed by atoms with Gasteiger partial charge in [0.05, 0.1) is 16.8 Å². The van der Waals surface area contributed by atoms with Crippen molar-refractivity contribution < 1.29 is 13.2 Å². The number of hydrogen-bond acceptors (Lipinski definition) is 4. The van der Waals surface area contributed by atoms with Crippen LogP contribution in [-0.4, -0.2) is 42.1 Å². The average molecular weight is 410 g/mol. The Bertz CT molecular complexity index is 1100. The van der Waals surface area contributed by atoms with E-state index in [-0.39, 0.29) is 16.8 Å². The molecule has 3 aromatic rings.